The second kappa shape index (κ2) is 10.8. The standard InChI is InChI=1S/C17H24O6/c1-20-12-23-17(15(21-2)11-16(19)22-3)14(18)10-9-13-7-5-4-6-8-13/h4-8,11,14,17-18H,9-10,12H2,1-3H3/b15-11+/t14-,17+/m0/s1. The number of carbonyl (C=O) groups is 1. The molecule has 0 saturated carbocycles. The van der Waals surface area contributed by atoms with Gasteiger partial charge in [0.1, 0.15) is 18.7 Å². The van der Waals surface area contributed by atoms with E-state index in [1.165, 1.54) is 21.3 Å². The second-order valence-corrected chi connectivity index (χ2v) is 4.86. The fourth-order valence-corrected chi connectivity index (χ4v) is 2.07. The minimum absolute atomic E-state index is 0.0328. The number of aliphatic hydroxyl groups excluding tert-OH is 1. The summed E-state index contributed by atoms with van der Waals surface area (Å²) in [6, 6.07) is 9.79. The molecule has 0 spiro atoms. The smallest absolute Gasteiger partial charge is 0.333 e. The van der Waals surface area contributed by atoms with Gasteiger partial charge in [0.05, 0.1) is 26.4 Å². The van der Waals surface area contributed by atoms with Crippen molar-refractivity contribution >= 4 is 5.97 Å². The lowest BCUT2D eigenvalue weighted by atomic mass is 10.0. The van der Waals surface area contributed by atoms with Gasteiger partial charge in [0.2, 0.25) is 0 Å². The van der Waals surface area contributed by atoms with Crippen LogP contribution < -0.4 is 0 Å². The molecule has 1 aromatic rings. The molecule has 0 saturated heterocycles. The summed E-state index contributed by atoms with van der Waals surface area (Å²) in [5.74, 6) is -0.391. The quantitative estimate of drug-likeness (QED) is 0.305. The van der Waals surface area contributed by atoms with E-state index >= 15 is 0 Å². The zero-order valence-corrected chi connectivity index (χ0v) is 13.7. The van der Waals surface area contributed by atoms with Crippen molar-refractivity contribution in [3.63, 3.8) is 0 Å². The number of aliphatic hydroxyl groups is 1. The molecule has 0 aromatic heterocycles. The molecular weight excluding hydrogens is 300 g/mol. The number of hydrogen-bond donors (Lipinski definition) is 1. The first-order valence-electron chi connectivity index (χ1n) is 7.28. The predicted octanol–water partition coefficient (Wildman–Crippen LogP) is 1.67. The number of benzene rings is 1. The van der Waals surface area contributed by atoms with Crippen LogP contribution in [0.15, 0.2) is 42.2 Å². The van der Waals surface area contributed by atoms with E-state index in [0.29, 0.717) is 12.8 Å². The van der Waals surface area contributed by atoms with Crippen LogP contribution in [0, 0.1) is 0 Å². The van der Waals surface area contributed by atoms with Gasteiger partial charge < -0.3 is 24.1 Å². The van der Waals surface area contributed by atoms with Crippen LogP contribution in [-0.2, 0) is 30.2 Å². The Balaban J connectivity index is 2.77. The molecule has 0 radical (unpaired) electrons. The van der Waals surface area contributed by atoms with E-state index < -0.39 is 18.2 Å². The average Bonchev–Trinajstić information content (AvgIpc) is 2.59. The Morgan fingerprint density at radius 1 is 1.17 bits per heavy atom. The molecule has 1 rings (SSSR count). The molecule has 0 heterocycles. The lowest BCUT2D eigenvalue weighted by Crippen LogP contribution is -2.33. The van der Waals surface area contributed by atoms with Gasteiger partial charge in [-0.3, -0.25) is 0 Å². The highest BCUT2D eigenvalue weighted by molar-refractivity contribution is 5.82. The van der Waals surface area contributed by atoms with Crippen LogP contribution in [-0.4, -0.2) is 51.4 Å². The largest absolute Gasteiger partial charge is 0.498 e. The zero-order valence-electron chi connectivity index (χ0n) is 13.7. The monoisotopic (exact) mass is 324 g/mol. The fourth-order valence-electron chi connectivity index (χ4n) is 2.07. The van der Waals surface area contributed by atoms with Crippen LogP contribution in [0.3, 0.4) is 0 Å². The molecule has 0 amide bonds. The highest BCUT2D eigenvalue weighted by Gasteiger charge is 2.26. The van der Waals surface area contributed by atoms with Crippen molar-refractivity contribution in [2.45, 2.75) is 25.0 Å². The highest BCUT2D eigenvalue weighted by atomic mass is 16.7. The van der Waals surface area contributed by atoms with E-state index in [9.17, 15) is 9.90 Å². The van der Waals surface area contributed by atoms with Gasteiger partial charge >= 0.3 is 5.97 Å². The molecule has 128 valence electrons. The maximum Gasteiger partial charge on any atom is 0.333 e. The maximum absolute atomic E-state index is 11.4. The molecule has 0 unspecified atom stereocenters. The summed E-state index contributed by atoms with van der Waals surface area (Å²) in [4.78, 5) is 11.4. The van der Waals surface area contributed by atoms with E-state index in [4.69, 9.17) is 14.2 Å². The third-order valence-electron chi connectivity index (χ3n) is 3.26. The van der Waals surface area contributed by atoms with Crippen LogP contribution in [0.5, 0.6) is 0 Å². The topological polar surface area (TPSA) is 74.2 Å². The highest BCUT2D eigenvalue weighted by Crippen LogP contribution is 2.17. The maximum atomic E-state index is 11.4. The van der Waals surface area contributed by atoms with Gasteiger partial charge in [0, 0.05) is 7.11 Å². The normalized spacial score (nSPS) is 14.2. The van der Waals surface area contributed by atoms with Gasteiger partial charge in [-0.05, 0) is 18.4 Å². The SMILES string of the molecule is COCO[C@@H](/C(=C\C(=O)OC)OC)[C@@H](O)CCc1ccccc1. The molecule has 0 fully saturated rings. The Hall–Kier alpha value is -1.89. The van der Waals surface area contributed by atoms with Crippen molar-refractivity contribution in [1.29, 1.82) is 0 Å². The predicted molar refractivity (Wildman–Crippen MR) is 84.6 cm³/mol. The van der Waals surface area contributed by atoms with Crippen LogP contribution >= 0.6 is 0 Å². The summed E-state index contributed by atoms with van der Waals surface area (Å²) in [5, 5.41) is 10.4. The first-order valence-corrected chi connectivity index (χ1v) is 7.28. The van der Waals surface area contributed by atoms with Crippen LogP contribution in [0.2, 0.25) is 0 Å². The molecule has 0 aliphatic heterocycles. The number of aryl methyl sites for hydroxylation is 1. The van der Waals surface area contributed by atoms with Gasteiger partial charge in [0.25, 0.3) is 0 Å². The fraction of sp³-hybridized carbons (Fsp3) is 0.471. The van der Waals surface area contributed by atoms with Gasteiger partial charge in [-0.15, -0.1) is 0 Å². The summed E-state index contributed by atoms with van der Waals surface area (Å²) >= 11 is 0. The van der Waals surface area contributed by atoms with Crippen molar-refractivity contribution in [1.82, 2.24) is 0 Å². The number of methoxy groups -OCH3 is 3. The molecule has 0 aliphatic carbocycles. The molecule has 6 nitrogen and oxygen atoms in total. The van der Waals surface area contributed by atoms with Crippen LogP contribution in [0.1, 0.15) is 12.0 Å². The summed E-state index contributed by atoms with van der Waals surface area (Å²) in [6.45, 7) is -0.0328. The first kappa shape index (κ1) is 19.2. The summed E-state index contributed by atoms with van der Waals surface area (Å²) in [6.07, 6.45) is 0.597. The lowest BCUT2D eigenvalue weighted by molar-refractivity contribution is -0.136. The number of rotatable bonds is 10. The zero-order chi connectivity index (χ0) is 17.1. The molecule has 0 aliphatic rings. The Kier molecular flexibility index (Phi) is 8.97. The van der Waals surface area contributed by atoms with E-state index in [-0.39, 0.29) is 12.6 Å². The van der Waals surface area contributed by atoms with Crippen molar-refractivity contribution in [2.24, 2.45) is 0 Å². The van der Waals surface area contributed by atoms with Crippen molar-refractivity contribution in [3.8, 4) is 0 Å². The molecule has 1 aromatic carbocycles. The lowest BCUT2D eigenvalue weighted by Gasteiger charge is -2.24. The molecule has 23 heavy (non-hydrogen) atoms. The molecular formula is C17H24O6. The van der Waals surface area contributed by atoms with Gasteiger partial charge in [-0.25, -0.2) is 4.79 Å². The van der Waals surface area contributed by atoms with Crippen molar-refractivity contribution < 1.29 is 28.8 Å². The van der Waals surface area contributed by atoms with Crippen molar-refractivity contribution in [3.05, 3.63) is 47.7 Å². The summed E-state index contributed by atoms with van der Waals surface area (Å²) in [5.41, 5.74) is 1.10. The van der Waals surface area contributed by atoms with Gasteiger partial charge in [0.15, 0.2) is 0 Å². The van der Waals surface area contributed by atoms with Gasteiger partial charge in [-0.1, -0.05) is 30.3 Å². The number of esters is 1. The Morgan fingerprint density at radius 3 is 2.43 bits per heavy atom. The van der Waals surface area contributed by atoms with Crippen LogP contribution in [0.25, 0.3) is 0 Å². The summed E-state index contributed by atoms with van der Waals surface area (Å²) in [7, 11) is 4.15. The molecule has 1 N–H and O–H groups in total. The first-order chi connectivity index (χ1) is 11.1. The van der Waals surface area contributed by atoms with E-state index in [1.54, 1.807) is 0 Å². The second-order valence-electron chi connectivity index (χ2n) is 4.86. The Labute approximate surface area is 136 Å². The summed E-state index contributed by atoms with van der Waals surface area (Å²) < 4.78 is 20.1. The Morgan fingerprint density at radius 2 is 1.87 bits per heavy atom. The molecule has 6 heteroatoms. The minimum Gasteiger partial charge on any atom is -0.498 e. The molecule has 2 atom stereocenters. The van der Waals surface area contributed by atoms with E-state index in [0.717, 1.165) is 11.6 Å². The van der Waals surface area contributed by atoms with E-state index in [1.807, 2.05) is 30.3 Å². The van der Waals surface area contributed by atoms with Gasteiger partial charge in [-0.2, -0.15) is 0 Å². The third kappa shape index (κ3) is 6.81. The molecule has 0 bridgehead atoms. The van der Waals surface area contributed by atoms with E-state index in [2.05, 4.69) is 4.74 Å². The third-order valence-corrected chi connectivity index (χ3v) is 3.26. The Bertz CT molecular complexity index is 485. The minimum atomic E-state index is -0.860. The van der Waals surface area contributed by atoms with Crippen LogP contribution in [0.4, 0.5) is 0 Å². The number of ether oxygens (including phenoxy) is 4. The number of carbonyl (C=O) groups excluding carboxylic acids is 1. The average molecular weight is 324 g/mol. The number of hydrogen-bond acceptors (Lipinski definition) is 6. The van der Waals surface area contributed by atoms with Crippen molar-refractivity contribution in [2.75, 3.05) is 28.1 Å².